The monoisotopic (exact) mass is 287 g/mol. The molecule has 0 aliphatic rings. The first-order valence-corrected chi connectivity index (χ1v) is 7.70. The van der Waals surface area contributed by atoms with E-state index in [1.807, 2.05) is 13.8 Å². The second kappa shape index (κ2) is 4.44. The third-order valence-corrected chi connectivity index (χ3v) is 4.31. The van der Waals surface area contributed by atoms with Gasteiger partial charge in [0.1, 0.15) is 0 Å². The van der Waals surface area contributed by atoms with Crippen molar-refractivity contribution in [2.24, 2.45) is 7.05 Å². The number of halogens is 1. The van der Waals surface area contributed by atoms with Crippen LogP contribution in [-0.2, 0) is 22.5 Å². The third-order valence-electron chi connectivity index (χ3n) is 2.93. The van der Waals surface area contributed by atoms with Gasteiger partial charge in [0.25, 0.3) is 9.05 Å². The number of H-pyrrole nitrogens is 1. The molecule has 0 amide bonds. The van der Waals surface area contributed by atoms with Gasteiger partial charge < -0.3 is 4.57 Å². The maximum atomic E-state index is 11.3. The summed E-state index contributed by atoms with van der Waals surface area (Å²) in [7, 11) is 3.31. The molecule has 2 rings (SSSR count). The normalized spacial score (nSPS) is 12.0. The molecule has 0 aromatic carbocycles. The SMILES string of the molecule is Cc1n[nH]c(C)c1Cc1cc(S(=O)(=O)Cl)n(C)c1. The van der Waals surface area contributed by atoms with Gasteiger partial charge in [0.2, 0.25) is 0 Å². The Morgan fingerprint density at radius 1 is 1.44 bits per heavy atom. The summed E-state index contributed by atoms with van der Waals surface area (Å²) in [5.41, 5.74) is 3.89. The Labute approximate surface area is 110 Å². The standard InChI is InChI=1S/C11H14ClN3O2S/c1-7-10(8(2)14-13-7)4-9-5-11(15(3)6-9)18(12,16)17/h5-6H,4H2,1-3H3,(H,13,14). The van der Waals surface area contributed by atoms with Crippen molar-refractivity contribution in [2.45, 2.75) is 25.3 Å². The second-order valence-corrected chi connectivity index (χ2v) is 6.84. The molecule has 0 unspecified atom stereocenters. The summed E-state index contributed by atoms with van der Waals surface area (Å²) in [6, 6.07) is 1.59. The second-order valence-electron chi connectivity index (χ2n) is 4.32. The summed E-state index contributed by atoms with van der Waals surface area (Å²) in [4.78, 5) is 0. The first-order valence-electron chi connectivity index (χ1n) is 5.39. The van der Waals surface area contributed by atoms with E-state index in [0.29, 0.717) is 6.42 Å². The predicted octanol–water partition coefficient (Wildman–Crippen LogP) is 1.88. The van der Waals surface area contributed by atoms with Crippen LogP contribution in [0.4, 0.5) is 0 Å². The molecule has 2 heterocycles. The number of nitrogens with zero attached hydrogens (tertiary/aromatic N) is 2. The van der Waals surface area contributed by atoms with Crippen LogP contribution in [0.1, 0.15) is 22.5 Å². The lowest BCUT2D eigenvalue weighted by atomic mass is 10.1. The number of aromatic amines is 1. The highest BCUT2D eigenvalue weighted by atomic mass is 35.7. The average molecular weight is 288 g/mol. The molecule has 1 N–H and O–H groups in total. The Hall–Kier alpha value is -1.27. The van der Waals surface area contributed by atoms with Gasteiger partial charge in [0.05, 0.1) is 5.69 Å². The Morgan fingerprint density at radius 2 is 2.11 bits per heavy atom. The Kier molecular flexibility index (Phi) is 3.25. The van der Waals surface area contributed by atoms with Crippen molar-refractivity contribution >= 4 is 19.7 Å². The molecule has 5 nitrogen and oxygen atoms in total. The highest BCUT2D eigenvalue weighted by molar-refractivity contribution is 8.13. The van der Waals surface area contributed by atoms with E-state index >= 15 is 0 Å². The molecule has 18 heavy (non-hydrogen) atoms. The largest absolute Gasteiger partial charge is 0.341 e. The number of aryl methyl sites for hydroxylation is 3. The molecule has 0 spiro atoms. The molecular weight excluding hydrogens is 274 g/mol. The molecule has 0 fully saturated rings. The molecule has 0 saturated heterocycles. The van der Waals surface area contributed by atoms with Crippen LogP contribution in [0.25, 0.3) is 0 Å². The van der Waals surface area contributed by atoms with Gasteiger partial charge in [0, 0.05) is 41.6 Å². The highest BCUT2D eigenvalue weighted by Gasteiger charge is 2.17. The zero-order valence-corrected chi connectivity index (χ0v) is 11.9. The lowest BCUT2D eigenvalue weighted by Crippen LogP contribution is -1.97. The maximum Gasteiger partial charge on any atom is 0.276 e. The van der Waals surface area contributed by atoms with E-state index in [1.165, 1.54) is 4.57 Å². The van der Waals surface area contributed by atoms with E-state index in [2.05, 4.69) is 10.2 Å². The fraction of sp³-hybridized carbons (Fsp3) is 0.364. The van der Waals surface area contributed by atoms with E-state index in [-0.39, 0.29) is 5.03 Å². The number of nitrogens with one attached hydrogen (secondary N) is 1. The molecule has 0 atom stereocenters. The minimum absolute atomic E-state index is 0.109. The van der Waals surface area contributed by atoms with Gasteiger partial charge in [-0.25, -0.2) is 8.42 Å². The van der Waals surface area contributed by atoms with Gasteiger partial charge >= 0.3 is 0 Å². The maximum absolute atomic E-state index is 11.3. The molecule has 0 aliphatic heterocycles. The molecule has 0 bridgehead atoms. The van der Waals surface area contributed by atoms with Crippen LogP contribution in [0.2, 0.25) is 0 Å². The van der Waals surface area contributed by atoms with Crippen LogP contribution in [0.3, 0.4) is 0 Å². The Morgan fingerprint density at radius 3 is 2.56 bits per heavy atom. The topological polar surface area (TPSA) is 67.8 Å². The van der Waals surface area contributed by atoms with Crippen molar-refractivity contribution < 1.29 is 8.42 Å². The van der Waals surface area contributed by atoms with E-state index in [0.717, 1.165) is 22.5 Å². The molecule has 7 heteroatoms. The van der Waals surface area contributed by atoms with Gasteiger partial charge in [-0.2, -0.15) is 5.10 Å². The number of hydrogen-bond acceptors (Lipinski definition) is 3. The van der Waals surface area contributed by atoms with E-state index < -0.39 is 9.05 Å². The summed E-state index contributed by atoms with van der Waals surface area (Å²) in [6.07, 6.45) is 2.40. The first-order chi connectivity index (χ1) is 8.29. The van der Waals surface area contributed by atoms with Crippen molar-refractivity contribution in [1.82, 2.24) is 14.8 Å². The fourth-order valence-electron chi connectivity index (χ4n) is 1.99. The summed E-state index contributed by atoms with van der Waals surface area (Å²) in [6.45, 7) is 3.86. The van der Waals surface area contributed by atoms with Gasteiger partial charge in [-0.15, -0.1) is 0 Å². The van der Waals surface area contributed by atoms with Crippen LogP contribution in [-0.4, -0.2) is 23.2 Å². The quantitative estimate of drug-likeness (QED) is 0.877. The fourth-order valence-corrected chi connectivity index (χ4v) is 3.14. The number of hydrogen-bond donors (Lipinski definition) is 1. The molecule has 0 aliphatic carbocycles. The lowest BCUT2D eigenvalue weighted by Gasteiger charge is -1.98. The smallest absolute Gasteiger partial charge is 0.276 e. The summed E-state index contributed by atoms with van der Waals surface area (Å²) in [5, 5.41) is 7.13. The number of aromatic nitrogens is 3. The molecule has 0 radical (unpaired) electrons. The van der Waals surface area contributed by atoms with E-state index in [1.54, 1.807) is 19.3 Å². The third kappa shape index (κ3) is 2.44. The Balaban J connectivity index is 2.38. The zero-order chi connectivity index (χ0) is 13.5. The van der Waals surface area contributed by atoms with Gasteiger partial charge in [-0.1, -0.05) is 0 Å². The lowest BCUT2D eigenvalue weighted by molar-refractivity contribution is 0.600. The van der Waals surface area contributed by atoms with Gasteiger partial charge in [0.15, 0.2) is 5.03 Å². The molecule has 98 valence electrons. The van der Waals surface area contributed by atoms with Crippen molar-refractivity contribution in [1.29, 1.82) is 0 Å². The van der Waals surface area contributed by atoms with Crippen LogP contribution >= 0.6 is 10.7 Å². The first kappa shape index (κ1) is 13.2. The predicted molar refractivity (Wildman–Crippen MR) is 69.3 cm³/mol. The Bertz CT molecular complexity index is 666. The minimum Gasteiger partial charge on any atom is -0.341 e. The van der Waals surface area contributed by atoms with Crippen LogP contribution < -0.4 is 0 Å². The van der Waals surface area contributed by atoms with E-state index in [9.17, 15) is 8.42 Å². The van der Waals surface area contributed by atoms with Crippen LogP contribution in [0, 0.1) is 13.8 Å². The zero-order valence-electron chi connectivity index (χ0n) is 10.4. The van der Waals surface area contributed by atoms with Crippen molar-refractivity contribution in [3.63, 3.8) is 0 Å². The summed E-state index contributed by atoms with van der Waals surface area (Å²) < 4.78 is 24.2. The summed E-state index contributed by atoms with van der Waals surface area (Å²) >= 11 is 0. The summed E-state index contributed by atoms with van der Waals surface area (Å²) in [5.74, 6) is 0. The van der Waals surface area contributed by atoms with Crippen molar-refractivity contribution in [3.05, 3.63) is 34.8 Å². The van der Waals surface area contributed by atoms with E-state index in [4.69, 9.17) is 10.7 Å². The van der Waals surface area contributed by atoms with Crippen LogP contribution in [0.5, 0.6) is 0 Å². The molecule has 2 aromatic rings. The molecule has 0 saturated carbocycles. The van der Waals surface area contributed by atoms with Crippen molar-refractivity contribution in [2.75, 3.05) is 0 Å². The molecule has 2 aromatic heterocycles. The number of rotatable bonds is 3. The average Bonchev–Trinajstić information content (AvgIpc) is 2.75. The van der Waals surface area contributed by atoms with Gasteiger partial charge in [-0.3, -0.25) is 5.10 Å². The van der Waals surface area contributed by atoms with Gasteiger partial charge in [-0.05, 0) is 25.5 Å². The minimum atomic E-state index is -3.70. The van der Waals surface area contributed by atoms with Crippen molar-refractivity contribution in [3.8, 4) is 0 Å². The molecular formula is C11H14ClN3O2S. The highest BCUT2D eigenvalue weighted by Crippen LogP contribution is 2.21. The van der Waals surface area contributed by atoms with Crippen LogP contribution in [0.15, 0.2) is 17.3 Å².